The Balaban J connectivity index is 1.97. The molecule has 2 N–H and O–H groups in total. The van der Waals surface area contributed by atoms with Crippen LogP contribution in [0.5, 0.6) is 0 Å². The number of nitrogens with one attached hydrogen (secondary N) is 1. The molecular formula is C17H16N4O4. The van der Waals surface area contributed by atoms with E-state index < -0.39 is 24.5 Å². The first kappa shape index (κ1) is 16.4. The summed E-state index contributed by atoms with van der Waals surface area (Å²) in [7, 11) is 0. The van der Waals surface area contributed by atoms with E-state index in [4.69, 9.17) is 5.11 Å². The molecule has 0 saturated carbocycles. The fraction of sp³-hybridized carbons (Fsp3) is 0.176. The number of urea groups is 1. The summed E-state index contributed by atoms with van der Waals surface area (Å²) in [6, 6.07) is 6.70. The van der Waals surface area contributed by atoms with Crippen LogP contribution in [0.4, 0.5) is 4.79 Å². The standard InChI is InChI=1S/C17H16N4O4/c1-10-7-12(11(2)21(10)14-5-3-4-6-18-14)8-13-16(24)20(9-15(22)23)17(25)19-13/h3-8H,9H2,1-2H3,(H,19,25)(H,22,23)/b13-8+. The van der Waals surface area contributed by atoms with Gasteiger partial charge in [0.15, 0.2) is 0 Å². The van der Waals surface area contributed by atoms with Crippen molar-refractivity contribution in [1.29, 1.82) is 0 Å². The molecule has 1 aliphatic heterocycles. The topological polar surface area (TPSA) is 105 Å². The number of imide groups is 1. The van der Waals surface area contributed by atoms with Gasteiger partial charge in [0.25, 0.3) is 5.91 Å². The van der Waals surface area contributed by atoms with Crippen LogP contribution in [-0.2, 0) is 9.59 Å². The molecule has 0 aliphatic carbocycles. The van der Waals surface area contributed by atoms with Crippen LogP contribution in [0, 0.1) is 13.8 Å². The van der Waals surface area contributed by atoms with E-state index in [9.17, 15) is 14.4 Å². The van der Waals surface area contributed by atoms with Crippen molar-refractivity contribution in [3.05, 3.63) is 53.1 Å². The molecule has 8 heteroatoms. The minimum Gasteiger partial charge on any atom is -0.480 e. The number of aliphatic carboxylic acids is 1. The molecule has 0 atom stereocenters. The predicted octanol–water partition coefficient (Wildman–Crippen LogP) is 1.47. The molecule has 25 heavy (non-hydrogen) atoms. The van der Waals surface area contributed by atoms with Crippen LogP contribution in [-0.4, -0.2) is 44.0 Å². The molecule has 3 amide bonds. The maximum atomic E-state index is 12.2. The number of carbonyl (C=O) groups excluding carboxylic acids is 2. The van der Waals surface area contributed by atoms with Crippen LogP contribution in [0.3, 0.4) is 0 Å². The molecule has 0 spiro atoms. The number of hydrogen-bond donors (Lipinski definition) is 2. The summed E-state index contributed by atoms with van der Waals surface area (Å²) in [4.78, 5) is 39.7. The highest BCUT2D eigenvalue weighted by Gasteiger charge is 2.35. The molecule has 3 rings (SSSR count). The molecule has 1 fully saturated rings. The van der Waals surface area contributed by atoms with E-state index in [0.29, 0.717) is 4.90 Å². The summed E-state index contributed by atoms with van der Waals surface area (Å²) in [6.07, 6.45) is 3.24. The lowest BCUT2D eigenvalue weighted by Gasteiger charge is -2.08. The van der Waals surface area contributed by atoms with E-state index in [1.54, 1.807) is 12.3 Å². The molecular weight excluding hydrogens is 324 g/mol. The van der Waals surface area contributed by atoms with Gasteiger partial charge in [-0.2, -0.15) is 0 Å². The average Bonchev–Trinajstić information content (AvgIpc) is 2.99. The van der Waals surface area contributed by atoms with E-state index in [0.717, 1.165) is 22.8 Å². The SMILES string of the molecule is Cc1cc(/C=C2/NC(=O)N(CC(=O)O)C2=O)c(C)n1-c1ccccn1. The lowest BCUT2D eigenvalue weighted by atomic mass is 10.2. The van der Waals surface area contributed by atoms with E-state index in [1.807, 2.05) is 42.7 Å². The molecule has 128 valence electrons. The Morgan fingerprint density at radius 1 is 1.32 bits per heavy atom. The van der Waals surface area contributed by atoms with Crippen molar-refractivity contribution >= 4 is 24.0 Å². The zero-order valence-corrected chi connectivity index (χ0v) is 13.7. The normalized spacial score (nSPS) is 15.8. The van der Waals surface area contributed by atoms with Crippen LogP contribution in [0.2, 0.25) is 0 Å². The van der Waals surface area contributed by atoms with Crippen molar-refractivity contribution in [3.63, 3.8) is 0 Å². The fourth-order valence-electron chi connectivity index (χ4n) is 2.78. The van der Waals surface area contributed by atoms with Crippen molar-refractivity contribution in [2.24, 2.45) is 0 Å². The number of hydrogen-bond acceptors (Lipinski definition) is 4. The maximum Gasteiger partial charge on any atom is 0.329 e. The van der Waals surface area contributed by atoms with E-state index in [-0.39, 0.29) is 5.70 Å². The number of amides is 3. The Kier molecular flexibility index (Phi) is 4.10. The average molecular weight is 340 g/mol. The summed E-state index contributed by atoms with van der Waals surface area (Å²) in [5.74, 6) is -1.16. The Morgan fingerprint density at radius 2 is 2.08 bits per heavy atom. The van der Waals surface area contributed by atoms with Crippen molar-refractivity contribution in [2.75, 3.05) is 6.54 Å². The van der Waals surface area contributed by atoms with Crippen LogP contribution in [0.1, 0.15) is 17.0 Å². The van der Waals surface area contributed by atoms with Gasteiger partial charge >= 0.3 is 12.0 Å². The first-order chi connectivity index (χ1) is 11.9. The third kappa shape index (κ3) is 3.01. The monoisotopic (exact) mass is 340 g/mol. The summed E-state index contributed by atoms with van der Waals surface area (Å²) in [5, 5.41) is 11.2. The molecule has 2 aromatic heterocycles. The molecule has 2 aromatic rings. The Bertz CT molecular complexity index is 899. The van der Waals surface area contributed by atoms with Gasteiger partial charge in [-0.25, -0.2) is 14.7 Å². The number of aromatic nitrogens is 2. The van der Waals surface area contributed by atoms with E-state index >= 15 is 0 Å². The van der Waals surface area contributed by atoms with E-state index in [1.165, 1.54) is 0 Å². The number of aryl methyl sites for hydroxylation is 1. The quantitative estimate of drug-likeness (QED) is 0.648. The first-order valence-corrected chi connectivity index (χ1v) is 7.55. The minimum absolute atomic E-state index is 0.0486. The lowest BCUT2D eigenvalue weighted by Crippen LogP contribution is -2.35. The van der Waals surface area contributed by atoms with Crippen molar-refractivity contribution in [1.82, 2.24) is 19.8 Å². The van der Waals surface area contributed by atoms with E-state index in [2.05, 4.69) is 10.3 Å². The highest BCUT2D eigenvalue weighted by molar-refractivity contribution is 6.15. The molecule has 3 heterocycles. The summed E-state index contributed by atoms with van der Waals surface area (Å²) in [6.45, 7) is 3.12. The highest BCUT2D eigenvalue weighted by atomic mass is 16.4. The zero-order chi connectivity index (χ0) is 18.1. The van der Waals surface area contributed by atoms with Gasteiger partial charge < -0.3 is 15.0 Å². The number of carboxylic acid groups (broad SMARTS) is 1. The van der Waals surface area contributed by atoms with Gasteiger partial charge in [-0.15, -0.1) is 0 Å². The molecule has 0 bridgehead atoms. The number of nitrogens with zero attached hydrogens (tertiary/aromatic N) is 3. The lowest BCUT2D eigenvalue weighted by molar-refractivity contribution is -0.140. The third-order valence-corrected chi connectivity index (χ3v) is 3.90. The zero-order valence-electron chi connectivity index (χ0n) is 13.7. The smallest absolute Gasteiger partial charge is 0.329 e. The van der Waals surface area contributed by atoms with Gasteiger partial charge in [0.05, 0.1) is 0 Å². The molecule has 1 aliphatic rings. The molecule has 1 saturated heterocycles. The van der Waals surface area contributed by atoms with Gasteiger partial charge in [-0.3, -0.25) is 9.59 Å². The second-order valence-corrected chi connectivity index (χ2v) is 5.62. The van der Waals surface area contributed by atoms with Crippen LogP contribution < -0.4 is 5.32 Å². The van der Waals surface area contributed by atoms with Crippen LogP contribution in [0.15, 0.2) is 36.2 Å². The molecule has 0 radical (unpaired) electrons. The Morgan fingerprint density at radius 3 is 2.72 bits per heavy atom. The fourth-order valence-corrected chi connectivity index (χ4v) is 2.78. The minimum atomic E-state index is -1.25. The maximum absolute atomic E-state index is 12.2. The number of pyridine rings is 1. The van der Waals surface area contributed by atoms with Crippen molar-refractivity contribution < 1.29 is 19.5 Å². The number of rotatable bonds is 4. The van der Waals surface area contributed by atoms with Gasteiger partial charge in [0, 0.05) is 17.6 Å². The second kappa shape index (κ2) is 6.23. The predicted molar refractivity (Wildman–Crippen MR) is 88.9 cm³/mol. The van der Waals surface area contributed by atoms with Gasteiger partial charge in [0.2, 0.25) is 0 Å². The summed E-state index contributed by atoms with van der Waals surface area (Å²) < 4.78 is 1.93. The first-order valence-electron chi connectivity index (χ1n) is 7.55. The number of carboxylic acids is 1. The largest absolute Gasteiger partial charge is 0.480 e. The van der Waals surface area contributed by atoms with Crippen molar-refractivity contribution in [3.8, 4) is 5.82 Å². The number of carbonyl (C=O) groups is 3. The highest BCUT2D eigenvalue weighted by Crippen LogP contribution is 2.22. The van der Waals surface area contributed by atoms with Gasteiger partial charge in [-0.05, 0) is 43.7 Å². The van der Waals surface area contributed by atoms with Gasteiger partial charge in [-0.1, -0.05) is 6.07 Å². The third-order valence-electron chi connectivity index (χ3n) is 3.90. The molecule has 0 aromatic carbocycles. The van der Waals surface area contributed by atoms with Crippen LogP contribution >= 0.6 is 0 Å². The molecule has 0 unspecified atom stereocenters. The summed E-state index contributed by atoms with van der Waals surface area (Å²) >= 11 is 0. The second-order valence-electron chi connectivity index (χ2n) is 5.62. The van der Waals surface area contributed by atoms with Crippen LogP contribution in [0.25, 0.3) is 11.9 Å². The Hall–Kier alpha value is -3.42. The Labute approximate surface area is 143 Å². The van der Waals surface area contributed by atoms with Crippen molar-refractivity contribution in [2.45, 2.75) is 13.8 Å². The summed E-state index contributed by atoms with van der Waals surface area (Å²) in [5.41, 5.74) is 2.56. The molecule has 8 nitrogen and oxygen atoms in total. The van der Waals surface area contributed by atoms with Gasteiger partial charge in [0.1, 0.15) is 18.1 Å².